The quantitative estimate of drug-likeness (QED) is 0.689. The van der Waals surface area contributed by atoms with E-state index in [1.165, 1.54) is 23.9 Å². The van der Waals surface area contributed by atoms with Crippen molar-refractivity contribution in [3.8, 4) is 0 Å². The van der Waals surface area contributed by atoms with E-state index in [9.17, 15) is 9.59 Å². The molecule has 4 heterocycles. The van der Waals surface area contributed by atoms with Crippen LogP contribution in [0.1, 0.15) is 10.5 Å². The minimum Gasteiger partial charge on any atom is -0.378 e. The first-order valence-corrected chi connectivity index (χ1v) is 9.36. The standard InChI is InChI=1S/C18H23N7O3/c1-22-17(26)3-2-15(21-22)18(27)25-6-4-24(5-7-25)16-12-14(13-19-20-16)23-8-10-28-11-9-23/h2-3,12-13H,4-11H2,1H3. The number of nitrogens with zero attached hydrogens (tertiary/aromatic N) is 7. The van der Waals surface area contributed by atoms with E-state index < -0.39 is 0 Å². The molecule has 0 aromatic carbocycles. The Balaban J connectivity index is 1.40. The molecule has 2 aromatic rings. The van der Waals surface area contributed by atoms with Crippen LogP contribution in [0.5, 0.6) is 0 Å². The molecule has 2 saturated heterocycles. The van der Waals surface area contributed by atoms with Gasteiger partial charge in [-0.1, -0.05) is 0 Å². The Morgan fingerprint density at radius 2 is 1.79 bits per heavy atom. The van der Waals surface area contributed by atoms with Gasteiger partial charge in [0.1, 0.15) is 5.69 Å². The lowest BCUT2D eigenvalue weighted by molar-refractivity contribution is 0.0738. The van der Waals surface area contributed by atoms with Crippen molar-refractivity contribution in [1.29, 1.82) is 0 Å². The summed E-state index contributed by atoms with van der Waals surface area (Å²) in [6, 6.07) is 4.89. The Morgan fingerprint density at radius 1 is 1.04 bits per heavy atom. The molecule has 0 atom stereocenters. The third-order valence-electron chi connectivity index (χ3n) is 5.07. The summed E-state index contributed by atoms with van der Waals surface area (Å²) in [5.74, 6) is 0.653. The zero-order valence-corrected chi connectivity index (χ0v) is 15.8. The van der Waals surface area contributed by atoms with Crippen molar-refractivity contribution in [1.82, 2.24) is 24.9 Å². The van der Waals surface area contributed by atoms with E-state index in [1.807, 2.05) is 6.07 Å². The van der Waals surface area contributed by atoms with Gasteiger partial charge in [-0.15, -0.1) is 5.10 Å². The highest BCUT2D eigenvalue weighted by Gasteiger charge is 2.25. The van der Waals surface area contributed by atoms with Crippen LogP contribution < -0.4 is 15.4 Å². The van der Waals surface area contributed by atoms with Crippen LogP contribution in [-0.4, -0.2) is 83.3 Å². The first kappa shape index (κ1) is 18.4. The number of amides is 1. The van der Waals surface area contributed by atoms with Crippen molar-refractivity contribution >= 4 is 17.4 Å². The highest BCUT2D eigenvalue weighted by atomic mass is 16.5. The van der Waals surface area contributed by atoms with Gasteiger partial charge in [0.15, 0.2) is 5.82 Å². The molecule has 10 nitrogen and oxygen atoms in total. The fourth-order valence-electron chi connectivity index (χ4n) is 3.41. The number of piperazine rings is 1. The number of aromatic nitrogens is 4. The molecule has 1 amide bonds. The van der Waals surface area contributed by atoms with Crippen LogP contribution in [0.2, 0.25) is 0 Å². The first-order valence-electron chi connectivity index (χ1n) is 9.36. The van der Waals surface area contributed by atoms with Crippen LogP contribution in [0.25, 0.3) is 0 Å². The van der Waals surface area contributed by atoms with Gasteiger partial charge >= 0.3 is 0 Å². The number of aryl methyl sites for hydroxylation is 1. The summed E-state index contributed by atoms with van der Waals surface area (Å²) in [6.07, 6.45) is 1.78. The second kappa shape index (κ2) is 7.93. The first-order chi connectivity index (χ1) is 13.6. The Morgan fingerprint density at radius 3 is 2.50 bits per heavy atom. The van der Waals surface area contributed by atoms with E-state index in [-0.39, 0.29) is 17.2 Å². The van der Waals surface area contributed by atoms with Gasteiger partial charge in [-0.3, -0.25) is 9.59 Å². The maximum Gasteiger partial charge on any atom is 0.274 e. The summed E-state index contributed by atoms with van der Waals surface area (Å²) in [6.45, 7) is 5.59. The van der Waals surface area contributed by atoms with E-state index in [0.717, 1.165) is 37.8 Å². The van der Waals surface area contributed by atoms with Crippen molar-refractivity contribution in [2.75, 3.05) is 62.3 Å². The van der Waals surface area contributed by atoms with Crippen LogP contribution in [0.3, 0.4) is 0 Å². The summed E-state index contributed by atoms with van der Waals surface area (Å²) >= 11 is 0. The van der Waals surface area contributed by atoms with Crippen molar-refractivity contribution in [2.45, 2.75) is 0 Å². The summed E-state index contributed by atoms with van der Waals surface area (Å²) < 4.78 is 6.58. The van der Waals surface area contributed by atoms with Crippen molar-refractivity contribution in [3.05, 3.63) is 40.4 Å². The Hall–Kier alpha value is -3.01. The average Bonchev–Trinajstić information content (AvgIpc) is 2.76. The SMILES string of the molecule is Cn1nc(C(=O)N2CCN(c3cc(N4CCOCC4)cnn3)CC2)ccc1=O. The van der Waals surface area contributed by atoms with E-state index in [0.29, 0.717) is 26.2 Å². The zero-order chi connectivity index (χ0) is 19.5. The van der Waals surface area contributed by atoms with Gasteiger partial charge in [-0.25, -0.2) is 4.68 Å². The predicted molar refractivity (Wildman–Crippen MR) is 103 cm³/mol. The number of rotatable bonds is 3. The van der Waals surface area contributed by atoms with E-state index >= 15 is 0 Å². The number of anilines is 2. The average molecular weight is 385 g/mol. The molecule has 0 radical (unpaired) electrons. The summed E-state index contributed by atoms with van der Waals surface area (Å²) in [5.41, 5.74) is 1.09. The van der Waals surface area contributed by atoms with Gasteiger partial charge in [0.05, 0.1) is 25.1 Å². The summed E-state index contributed by atoms with van der Waals surface area (Å²) in [7, 11) is 1.54. The van der Waals surface area contributed by atoms with Crippen LogP contribution in [0.15, 0.2) is 29.2 Å². The van der Waals surface area contributed by atoms with Gasteiger partial charge < -0.3 is 19.4 Å². The Bertz CT molecular complexity index is 902. The van der Waals surface area contributed by atoms with Gasteiger partial charge in [0, 0.05) is 58.4 Å². The fraction of sp³-hybridized carbons (Fsp3) is 0.500. The molecule has 0 bridgehead atoms. The third-order valence-corrected chi connectivity index (χ3v) is 5.07. The topological polar surface area (TPSA) is 96.7 Å². The molecule has 4 rings (SSSR count). The molecule has 148 valence electrons. The second-order valence-corrected chi connectivity index (χ2v) is 6.83. The summed E-state index contributed by atoms with van der Waals surface area (Å²) in [4.78, 5) is 30.2. The molecular formula is C18H23N7O3. The summed E-state index contributed by atoms with van der Waals surface area (Å²) in [5, 5.41) is 12.5. The van der Waals surface area contributed by atoms with Gasteiger partial charge in [0.2, 0.25) is 0 Å². The maximum atomic E-state index is 12.7. The van der Waals surface area contributed by atoms with Crippen molar-refractivity contribution < 1.29 is 9.53 Å². The van der Waals surface area contributed by atoms with Crippen molar-refractivity contribution in [2.24, 2.45) is 7.05 Å². The molecule has 28 heavy (non-hydrogen) atoms. The lowest BCUT2D eigenvalue weighted by atomic mass is 10.2. The molecular weight excluding hydrogens is 362 g/mol. The van der Waals surface area contributed by atoms with E-state index in [4.69, 9.17) is 4.74 Å². The van der Waals surface area contributed by atoms with Crippen LogP contribution >= 0.6 is 0 Å². The highest BCUT2D eigenvalue weighted by Crippen LogP contribution is 2.21. The molecule has 2 aromatic heterocycles. The molecule has 0 unspecified atom stereocenters. The number of ether oxygens (including phenoxy) is 1. The molecule has 2 fully saturated rings. The van der Waals surface area contributed by atoms with Crippen LogP contribution in [0.4, 0.5) is 11.5 Å². The number of hydrogen-bond donors (Lipinski definition) is 0. The lowest BCUT2D eigenvalue weighted by Crippen LogP contribution is -2.49. The monoisotopic (exact) mass is 385 g/mol. The van der Waals surface area contributed by atoms with E-state index in [2.05, 4.69) is 25.1 Å². The second-order valence-electron chi connectivity index (χ2n) is 6.83. The molecule has 0 N–H and O–H groups in total. The molecule has 2 aliphatic heterocycles. The molecule has 0 saturated carbocycles. The number of carbonyl (C=O) groups is 1. The molecule has 2 aliphatic rings. The molecule has 10 heteroatoms. The third kappa shape index (κ3) is 3.81. The smallest absolute Gasteiger partial charge is 0.274 e. The van der Waals surface area contributed by atoms with Crippen LogP contribution in [0, 0.1) is 0 Å². The minimum atomic E-state index is -0.236. The van der Waals surface area contributed by atoms with Gasteiger partial charge in [-0.05, 0) is 6.07 Å². The van der Waals surface area contributed by atoms with Gasteiger partial charge in [-0.2, -0.15) is 10.2 Å². The largest absolute Gasteiger partial charge is 0.378 e. The van der Waals surface area contributed by atoms with Gasteiger partial charge in [0.25, 0.3) is 11.5 Å². The Labute approximate surface area is 162 Å². The Kier molecular flexibility index (Phi) is 5.20. The molecule has 0 spiro atoms. The number of hydrogen-bond acceptors (Lipinski definition) is 8. The van der Waals surface area contributed by atoms with Crippen molar-refractivity contribution in [3.63, 3.8) is 0 Å². The van der Waals surface area contributed by atoms with E-state index in [1.54, 1.807) is 11.1 Å². The minimum absolute atomic E-state index is 0.164. The lowest BCUT2D eigenvalue weighted by Gasteiger charge is -2.35. The normalized spacial score (nSPS) is 17.7. The number of morpholine rings is 1. The van der Waals surface area contributed by atoms with Crippen LogP contribution in [-0.2, 0) is 11.8 Å². The predicted octanol–water partition coefficient (Wildman–Crippen LogP) is -0.631. The molecule has 0 aliphatic carbocycles. The number of carbonyl (C=O) groups excluding carboxylic acids is 1. The zero-order valence-electron chi connectivity index (χ0n) is 15.8. The fourth-order valence-corrected chi connectivity index (χ4v) is 3.41. The highest BCUT2D eigenvalue weighted by molar-refractivity contribution is 5.92. The maximum absolute atomic E-state index is 12.7.